The molecule has 0 bridgehead atoms. The Balaban J connectivity index is 0.00000220. The van der Waals surface area contributed by atoms with Crippen molar-refractivity contribution in [2.45, 2.75) is 26.0 Å². The SMILES string of the molecule is CC(C)Oc1ccc(NC(=O)C2COCCN2)cc1Cl.Cl. The number of halogens is 2. The summed E-state index contributed by atoms with van der Waals surface area (Å²) in [6.07, 6.45) is 0.0523. The minimum absolute atomic E-state index is 0. The maximum absolute atomic E-state index is 12.0. The number of morpholine rings is 1. The van der Waals surface area contributed by atoms with Crippen LogP contribution in [0.25, 0.3) is 0 Å². The van der Waals surface area contributed by atoms with Crippen LogP contribution in [0.15, 0.2) is 18.2 Å². The molecular weight excluding hydrogens is 315 g/mol. The van der Waals surface area contributed by atoms with Crippen molar-refractivity contribution in [2.75, 3.05) is 25.1 Å². The molecular formula is C14H20Cl2N2O3. The molecule has 2 N–H and O–H groups in total. The number of nitrogens with one attached hydrogen (secondary N) is 2. The van der Waals surface area contributed by atoms with Crippen molar-refractivity contribution in [3.05, 3.63) is 23.2 Å². The van der Waals surface area contributed by atoms with Crippen LogP contribution in [0.4, 0.5) is 5.69 Å². The van der Waals surface area contributed by atoms with Gasteiger partial charge in [0.15, 0.2) is 0 Å². The van der Waals surface area contributed by atoms with Gasteiger partial charge >= 0.3 is 0 Å². The number of anilines is 1. The summed E-state index contributed by atoms with van der Waals surface area (Å²) < 4.78 is 10.8. The Bertz CT molecular complexity index is 477. The van der Waals surface area contributed by atoms with Gasteiger partial charge in [-0.05, 0) is 32.0 Å². The highest BCUT2D eigenvalue weighted by molar-refractivity contribution is 6.32. The quantitative estimate of drug-likeness (QED) is 0.888. The standard InChI is InChI=1S/C14H19ClN2O3.ClH/c1-9(2)20-13-4-3-10(7-11(13)15)17-14(18)12-8-19-6-5-16-12;/h3-4,7,9,12,16H,5-6,8H2,1-2H3,(H,17,18);1H. The molecule has 21 heavy (non-hydrogen) atoms. The predicted molar refractivity (Wildman–Crippen MR) is 85.7 cm³/mol. The van der Waals surface area contributed by atoms with E-state index < -0.39 is 0 Å². The molecule has 7 heteroatoms. The molecule has 5 nitrogen and oxygen atoms in total. The maximum Gasteiger partial charge on any atom is 0.243 e. The van der Waals surface area contributed by atoms with E-state index in [0.717, 1.165) is 0 Å². The normalized spacial score (nSPS) is 18.0. The molecule has 1 fully saturated rings. The Hall–Kier alpha value is -1.01. The molecule has 118 valence electrons. The van der Waals surface area contributed by atoms with Crippen molar-refractivity contribution in [3.63, 3.8) is 0 Å². The summed E-state index contributed by atoms with van der Waals surface area (Å²) in [6, 6.07) is 4.88. The second-order valence-corrected chi connectivity index (χ2v) is 5.29. The number of hydrogen-bond donors (Lipinski definition) is 2. The molecule has 1 amide bonds. The van der Waals surface area contributed by atoms with Gasteiger partial charge in [0.25, 0.3) is 0 Å². The van der Waals surface area contributed by atoms with Gasteiger partial charge in [-0.25, -0.2) is 0 Å². The summed E-state index contributed by atoms with van der Waals surface area (Å²) >= 11 is 6.13. The zero-order valence-electron chi connectivity index (χ0n) is 12.0. The summed E-state index contributed by atoms with van der Waals surface area (Å²) in [4.78, 5) is 12.0. The highest BCUT2D eigenvalue weighted by Crippen LogP contribution is 2.28. The smallest absolute Gasteiger partial charge is 0.243 e. The van der Waals surface area contributed by atoms with E-state index in [1.54, 1.807) is 18.2 Å². The summed E-state index contributed by atoms with van der Waals surface area (Å²) in [6.45, 7) is 5.56. The number of rotatable bonds is 4. The van der Waals surface area contributed by atoms with Crippen LogP contribution in [-0.2, 0) is 9.53 Å². The average Bonchev–Trinajstić information content (AvgIpc) is 2.42. The number of ether oxygens (including phenoxy) is 2. The highest BCUT2D eigenvalue weighted by atomic mass is 35.5. The van der Waals surface area contributed by atoms with Gasteiger partial charge in [0.05, 0.1) is 24.3 Å². The lowest BCUT2D eigenvalue weighted by Gasteiger charge is -2.23. The molecule has 1 aliphatic rings. The van der Waals surface area contributed by atoms with Gasteiger partial charge in [0, 0.05) is 12.2 Å². The van der Waals surface area contributed by atoms with E-state index in [0.29, 0.717) is 36.2 Å². The van der Waals surface area contributed by atoms with Gasteiger partial charge in [-0.2, -0.15) is 0 Å². The monoisotopic (exact) mass is 334 g/mol. The number of benzene rings is 1. The highest BCUT2D eigenvalue weighted by Gasteiger charge is 2.21. The van der Waals surface area contributed by atoms with E-state index in [4.69, 9.17) is 21.1 Å². The number of hydrogen-bond acceptors (Lipinski definition) is 4. The Morgan fingerprint density at radius 3 is 2.86 bits per heavy atom. The molecule has 1 atom stereocenters. The number of carbonyl (C=O) groups is 1. The van der Waals surface area contributed by atoms with Crippen molar-refractivity contribution in [3.8, 4) is 5.75 Å². The van der Waals surface area contributed by atoms with Crippen molar-refractivity contribution in [2.24, 2.45) is 0 Å². The fourth-order valence-electron chi connectivity index (χ4n) is 1.89. The maximum atomic E-state index is 12.0. The van der Waals surface area contributed by atoms with Crippen molar-refractivity contribution >= 4 is 35.6 Å². The summed E-state index contributed by atoms with van der Waals surface area (Å²) in [5.41, 5.74) is 0.642. The van der Waals surface area contributed by atoms with E-state index >= 15 is 0 Å². The van der Waals surface area contributed by atoms with Crippen LogP contribution in [0.3, 0.4) is 0 Å². The molecule has 0 aromatic heterocycles. The summed E-state index contributed by atoms with van der Waals surface area (Å²) in [7, 11) is 0. The Morgan fingerprint density at radius 1 is 1.52 bits per heavy atom. The lowest BCUT2D eigenvalue weighted by Crippen LogP contribution is -2.48. The van der Waals surface area contributed by atoms with Crippen LogP contribution in [0.1, 0.15) is 13.8 Å². The molecule has 1 aromatic rings. The first-order valence-corrected chi connectivity index (χ1v) is 7.02. The van der Waals surface area contributed by atoms with Crippen LogP contribution >= 0.6 is 24.0 Å². The van der Waals surface area contributed by atoms with Crippen molar-refractivity contribution in [1.82, 2.24) is 5.32 Å². The van der Waals surface area contributed by atoms with Gasteiger partial charge in [0.1, 0.15) is 11.8 Å². The van der Waals surface area contributed by atoms with E-state index in [-0.39, 0.29) is 30.5 Å². The summed E-state index contributed by atoms with van der Waals surface area (Å²) in [5, 5.41) is 6.38. The first kappa shape index (κ1) is 18.0. The Labute approximate surface area is 135 Å². The molecule has 1 saturated heterocycles. The van der Waals surface area contributed by atoms with E-state index in [1.807, 2.05) is 13.8 Å². The minimum Gasteiger partial charge on any atom is -0.489 e. The van der Waals surface area contributed by atoms with Crippen LogP contribution in [0.5, 0.6) is 5.75 Å². The van der Waals surface area contributed by atoms with Crippen LogP contribution in [-0.4, -0.2) is 37.8 Å². The van der Waals surface area contributed by atoms with Gasteiger partial charge in [-0.15, -0.1) is 12.4 Å². The van der Waals surface area contributed by atoms with E-state index in [9.17, 15) is 4.79 Å². The van der Waals surface area contributed by atoms with Gasteiger partial charge < -0.3 is 20.1 Å². The third-order valence-electron chi connectivity index (χ3n) is 2.80. The fraction of sp³-hybridized carbons (Fsp3) is 0.500. The second kappa shape index (κ2) is 8.44. The van der Waals surface area contributed by atoms with Gasteiger partial charge in [-0.3, -0.25) is 4.79 Å². The third kappa shape index (κ3) is 5.36. The topological polar surface area (TPSA) is 59.6 Å². The first-order chi connectivity index (χ1) is 9.56. The Kier molecular flexibility index (Phi) is 7.25. The second-order valence-electron chi connectivity index (χ2n) is 4.88. The third-order valence-corrected chi connectivity index (χ3v) is 3.10. The molecule has 1 aliphatic heterocycles. The van der Waals surface area contributed by atoms with Crippen molar-refractivity contribution < 1.29 is 14.3 Å². The predicted octanol–water partition coefficient (Wildman–Crippen LogP) is 2.48. The number of amides is 1. The minimum atomic E-state index is -0.325. The largest absolute Gasteiger partial charge is 0.489 e. The molecule has 1 heterocycles. The molecule has 0 radical (unpaired) electrons. The first-order valence-electron chi connectivity index (χ1n) is 6.64. The Morgan fingerprint density at radius 2 is 2.29 bits per heavy atom. The number of carbonyl (C=O) groups excluding carboxylic acids is 1. The summed E-state index contributed by atoms with van der Waals surface area (Å²) in [5.74, 6) is 0.483. The van der Waals surface area contributed by atoms with Crippen LogP contribution < -0.4 is 15.4 Å². The molecule has 1 unspecified atom stereocenters. The van der Waals surface area contributed by atoms with E-state index in [2.05, 4.69) is 10.6 Å². The average molecular weight is 335 g/mol. The van der Waals surface area contributed by atoms with Gasteiger partial charge in [-0.1, -0.05) is 11.6 Å². The molecule has 0 spiro atoms. The molecule has 0 aliphatic carbocycles. The van der Waals surface area contributed by atoms with Crippen molar-refractivity contribution in [1.29, 1.82) is 0 Å². The molecule has 2 rings (SSSR count). The zero-order valence-corrected chi connectivity index (χ0v) is 13.6. The lowest BCUT2D eigenvalue weighted by atomic mass is 10.2. The lowest BCUT2D eigenvalue weighted by molar-refractivity contribution is -0.120. The van der Waals surface area contributed by atoms with Gasteiger partial charge in [0.2, 0.25) is 5.91 Å². The fourth-order valence-corrected chi connectivity index (χ4v) is 2.12. The molecule has 1 aromatic carbocycles. The zero-order chi connectivity index (χ0) is 14.5. The van der Waals surface area contributed by atoms with E-state index in [1.165, 1.54) is 0 Å². The molecule has 0 saturated carbocycles. The van der Waals surface area contributed by atoms with Crippen LogP contribution in [0, 0.1) is 0 Å². The van der Waals surface area contributed by atoms with Crippen LogP contribution in [0.2, 0.25) is 5.02 Å².